The maximum absolute atomic E-state index is 13.0. The van der Waals surface area contributed by atoms with Crippen LogP contribution in [0, 0.1) is 11.8 Å². The number of methoxy groups -OCH3 is 1. The summed E-state index contributed by atoms with van der Waals surface area (Å²) in [5.74, 6) is -1.47. The average molecular weight is 313 g/mol. The van der Waals surface area contributed by atoms with Crippen molar-refractivity contribution in [3.05, 3.63) is 42.0 Å². The summed E-state index contributed by atoms with van der Waals surface area (Å²) >= 11 is 0. The van der Waals surface area contributed by atoms with E-state index in [-0.39, 0.29) is 18.0 Å². The maximum atomic E-state index is 13.0. The smallest absolute Gasteiger partial charge is 0.312 e. The van der Waals surface area contributed by atoms with Gasteiger partial charge in [0.1, 0.15) is 11.5 Å². The van der Waals surface area contributed by atoms with E-state index in [1.807, 2.05) is 36.4 Å². The minimum atomic E-state index is -0.690. The summed E-state index contributed by atoms with van der Waals surface area (Å²) in [6, 6.07) is 7.97. The van der Waals surface area contributed by atoms with Crippen molar-refractivity contribution < 1.29 is 19.1 Å². The number of rotatable bonds is 3. The van der Waals surface area contributed by atoms with E-state index < -0.39 is 17.4 Å². The van der Waals surface area contributed by atoms with Crippen molar-refractivity contribution in [2.75, 3.05) is 18.6 Å². The van der Waals surface area contributed by atoms with Crippen LogP contribution in [0.25, 0.3) is 0 Å². The van der Waals surface area contributed by atoms with Crippen LogP contribution in [-0.4, -0.2) is 37.2 Å². The number of aryl methyl sites for hydroxylation is 1. The molecule has 1 amide bonds. The van der Waals surface area contributed by atoms with Crippen LogP contribution < -0.4 is 4.90 Å². The van der Waals surface area contributed by atoms with Gasteiger partial charge in [-0.15, -0.1) is 0 Å². The van der Waals surface area contributed by atoms with Gasteiger partial charge in [0, 0.05) is 5.69 Å². The highest BCUT2D eigenvalue weighted by Crippen LogP contribution is 2.52. The second kappa shape index (κ2) is 4.93. The van der Waals surface area contributed by atoms with Crippen molar-refractivity contribution in [1.82, 2.24) is 0 Å². The zero-order chi connectivity index (χ0) is 16.2. The molecule has 0 saturated carbocycles. The quantitative estimate of drug-likeness (QED) is 0.630. The monoisotopic (exact) mass is 313 g/mol. The van der Waals surface area contributed by atoms with Gasteiger partial charge in [-0.05, 0) is 24.1 Å². The lowest BCUT2D eigenvalue weighted by atomic mass is 9.77. The summed E-state index contributed by atoms with van der Waals surface area (Å²) in [4.78, 5) is 26.8. The minimum Gasteiger partial charge on any atom is -0.469 e. The number of fused-ring (bicyclic) bond motifs is 1. The Morgan fingerprint density at radius 2 is 2.13 bits per heavy atom. The first kappa shape index (κ1) is 14.5. The van der Waals surface area contributed by atoms with Gasteiger partial charge in [-0.25, -0.2) is 0 Å². The van der Waals surface area contributed by atoms with Crippen LogP contribution in [0.3, 0.4) is 0 Å². The molecule has 0 aromatic heterocycles. The fraction of sp³-hybridized carbons (Fsp3) is 0.444. The van der Waals surface area contributed by atoms with Crippen molar-refractivity contribution in [2.45, 2.75) is 25.0 Å². The minimum absolute atomic E-state index is 0.0588. The largest absolute Gasteiger partial charge is 0.469 e. The highest BCUT2D eigenvalue weighted by Gasteiger charge is 2.67. The molecule has 0 aliphatic carbocycles. The van der Waals surface area contributed by atoms with Crippen LogP contribution in [0.5, 0.6) is 0 Å². The molecule has 3 heterocycles. The molecule has 120 valence electrons. The van der Waals surface area contributed by atoms with Gasteiger partial charge >= 0.3 is 5.97 Å². The second-order valence-corrected chi connectivity index (χ2v) is 6.37. The molecule has 0 unspecified atom stereocenters. The summed E-state index contributed by atoms with van der Waals surface area (Å²) in [6.07, 6.45) is 4.44. The van der Waals surface area contributed by atoms with E-state index in [9.17, 15) is 9.59 Å². The molecule has 3 aliphatic heterocycles. The normalized spacial score (nSPS) is 34.1. The first-order valence-electron chi connectivity index (χ1n) is 7.95. The molecule has 1 aromatic rings. The fourth-order valence-corrected chi connectivity index (χ4v) is 4.03. The summed E-state index contributed by atoms with van der Waals surface area (Å²) in [7, 11) is 1.35. The molecule has 23 heavy (non-hydrogen) atoms. The number of ether oxygens (including phenoxy) is 2. The molecule has 2 fully saturated rings. The van der Waals surface area contributed by atoms with Crippen LogP contribution in [0.2, 0.25) is 0 Å². The highest BCUT2D eigenvalue weighted by atomic mass is 16.5. The summed E-state index contributed by atoms with van der Waals surface area (Å²) in [6.45, 7) is 2.54. The van der Waals surface area contributed by atoms with E-state index in [2.05, 4.69) is 6.92 Å². The van der Waals surface area contributed by atoms with Gasteiger partial charge in [0.15, 0.2) is 0 Å². The van der Waals surface area contributed by atoms with Crippen molar-refractivity contribution in [3.63, 3.8) is 0 Å². The first-order valence-corrected chi connectivity index (χ1v) is 7.95. The summed E-state index contributed by atoms with van der Waals surface area (Å²) in [5.41, 5.74) is 1.38. The molecule has 1 aromatic carbocycles. The SMILES string of the molecule is CCc1ccc(N2C[C@@]34C=C[C@H](O3)[C@@H](C(=O)OC)[C@@H]4C2=O)cc1. The zero-order valence-electron chi connectivity index (χ0n) is 13.2. The summed E-state index contributed by atoms with van der Waals surface area (Å²) < 4.78 is 10.9. The Hall–Kier alpha value is -2.14. The van der Waals surface area contributed by atoms with E-state index in [4.69, 9.17) is 9.47 Å². The number of amides is 1. The Labute approximate surface area is 134 Å². The topological polar surface area (TPSA) is 55.8 Å². The number of esters is 1. The number of nitrogens with zero attached hydrogens (tertiary/aromatic N) is 1. The molecule has 3 aliphatic rings. The molecule has 1 spiro atoms. The Kier molecular flexibility index (Phi) is 3.10. The van der Waals surface area contributed by atoms with Crippen LogP contribution >= 0.6 is 0 Å². The van der Waals surface area contributed by atoms with Crippen LogP contribution in [0.1, 0.15) is 12.5 Å². The molecular weight excluding hydrogens is 294 g/mol. The number of carbonyl (C=O) groups excluding carboxylic acids is 2. The Balaban J connectivity index is 1.68. The van der Waals surface area contributed by atoms with Crippen molar-refractivity contribution in [2.24, 2.45) is 11.8 Å². The lowest BCUT2D eigenvalue weighted by Gasteiger charge is -2.22. The molecule has 0 N–H and O–H groups in total. The van der Waals surface area contributed by atoms with Crippen LogP contribution in [-0.2, 0) is 25.5 Å². The predicted molar refractivity (Wildman–Crippen MR) is 83.9 cm³/mol. The van der Waals surface area contributed by atoms with Gasteiger partial charge in [-0.3, -0.25) is 9.59 Å². The lowest BCUT2D eigenvalue weighted by molar-refractivity contribution is -0.149. The first-order chi connectivity index (χ1) is 11.1. The van der Waals surface area contributed by atoms with Gasteiger partial charge in [-0.2, -0.15) is 0 Å². The molecule has 2 bridgehead atoms. The highest BCUT2D eigenvalue weighted by molar-refractivity contribution is 6.02. The molecule has 4 rings (SSSR count). The van der Waals surface area contributed by atoms with Crippen LogP contribution in [0.4, 0.5) is 5.69 Å². The number of hydrogen-bond acceptors (Lipinski definition) is 4. The Morgan fingerprint density at radius 1 is 1.39 bits per heavy atom. The van der Waals surface area contributed by atoms with E-state index in [1.165, 1.54) is 12.7 Å². The fourth-order valence-electron chi connectivity index (χ4n) is 4.03. The third-order valence-electron chi connectivity index (χ3n) is 5.23. The van der Waals surface area contributed by atoms with E-state index in [0.29, 0.717) is 6.54 Å². The standard InChI is InChI=1S/C18H19NO4/c1-3-11-4-6-12(7-5-11)19-10-18-9-8-13(23-18)14(17(21)22-2)15(18)16(19)20/h4-9,13-15H,3,10H2,1-2H3/t13-,14+,15+,18+/m0/s1. The maximum Gasteiger partial charge on any atom is 0.312 e. The van der Waals surface area contributed by atoms with E-state index in [1.54, 1.807) is 4.90 Å². The average Bonchev–Trinajstić information content (AvgIpc) is 3.22. The van der Waals surface area contributed by atoms with E-state index in [0.717, 1.165) is 12.1 Å². The lowest BCUT2D eigenvalue weighted by Crippen LogP contribution is -2.39. The predicted octanol–water partition coefficient (Wildman–Crippen LogP) is 1.71. The van der Waals surface area contributed by atoms with E-state index >= 15 is 0 Å². The van der Waals surface area contributed by atoms with Crippen LogP contribution in [0.15, 0.2) is 36.4 Å². The van der Waals surface area contributed by atoms with Gasteiger partial charge < -0.3 is 14.4 Å². The molecule has 5 heteroatoms. The number of benzene rings is 1. The van der Waals surface area contributed by atoms with Crippen molar-refractivity contribution in [1.29, 1.82) is 0 Å². The summed E-state index contributed by atoms with van der Waals surface area (Å²) in [5, 5.41) is 0. The molecule has 0 radical (unpaired) electrons. The Bertz CT molecular complexity index is 695. The molecule has 4 atom stereocenters. The van der Waals surface area contributed by atoms with Gasteiger partial charge in [0.2, 0.25) is 5.91 Å². The second-order valence-electron chi connectivity index (χ2n) is 6.37. The van der Waals surface area contributed by atoms with Gasteiger partial charge in [0.25, 0.3) is 0 Å². The number of anilines is 1. The third-order valence-corrected chi connectivity index (χ3v) is 5.23. The number of hydrogen-bond donors (Lipinski definition) is 0. The molecular formula is C18H19NO4. The zero-order valence-corrected chi connectivity index (χ0v) is 13.2. The number of carbonyl (C=O) groups is 2. The van der Waals surface area contributed by atoms with Gasteiger partial charge in [-0.1, -0.05) is 31.2 Å². The van der Waals surface area contributed by atoms with Gasteiger partial charge in [0.05, 0.1) is 25.7 Å². The molecule has 2 saturated heterocycles. The Morgan fingerprint density at radius 3 is 2.78 bits per heavy atom. The molecule has 5 nitrogen and oxygen atoms in total. The van der Waals surface area contributed by atoms with Crippen molar-refractivity contribution in [3.8, 4) is 0 Å². The van der Waals surface area contributed by atoms with Crippen molar-refractivity contribution >= 4 is 17.6 Å². The third kappa shape index (κ3) is 1.89.